The second-order valence-corrected chi connectivity index (χ2v) is 5.84. The second-order valence-electron chi connectivity index (χ2n) is 5.84. The van der Waals surface area contributed by atoms with Gasteiger partial charge in [-0.2, -0.15) is 0 Å². The largest absolute Gasteiger partial charge is 0.497 e. The number of methoxy groups -OCH3 is 1. The van der Waals surface area contributed by atoms with Crippen molar-refractivity contribution in [3.8, 4) is 5.75 Å². The van der Waals surface area contributed by atoms with Crippen molar-refractivity contribution in [1.29, 1.82) is 0 Å². The van der Waals surface area contributed by atoms with E-state index in [0.29, 0.717) is 18.3 Å². The molecule has 5 heteroatoms. The van der Waals surface area contributed by atoms with Crippen LogP contribution in [0.1, 0.15) is 25.3 Å². The zero-order valence-corrected chi connectivity index (χ0v) is 13.7. The predicted molar refractivity (Wildman–Crippen MR) is 91.9 cm³/mol. The van der Waals surface area contributed by atoms with Crippen LogP contribution in [0.25, 0.3) is 0 Å². The minimum Gasteiger partial charge on any atom is -0.497 e. The molecular weight excluding hydrogens is 276 g/mol. The lowest BCUT2D eigenvalue weighted by molar-refractivity contribution is 0.257. The van der Waals surface area contributed by atoms with Crippen LogP contribution in [0.2, 0.25) is 0 Å². The minimum absolute atomic E-state index is 0.383. The fourth-order valence-electron chi connectivity index (χ4n) is 2.62. The predicted octanol–water partition coefficient (Wildman–Crippen LogP) is 2.11. The highest BCUT2D eigenvalue weighted by Crippen LogP contribution is 2.13. The first-order chi connectivity index (χ1) is 10.6. The maximum absolute atomic E-state index is 6.03. The molecule has 2 rings (SSSR count). The van der Waals surface area contributed by atoms with E-state index in [1.807, 2.05) is 31.2 Å². The van der Waals surface area contributed by atoms with Crippen LogP contribution >= 0.6 is 0 Å². The number of hydrogen-bond donors (Lipinski definition) is 1. The number of aliphatic imine (C=N–C) groups is 2. The number of amidine groups is 2. The number of piperidine rings is 1. The number of hydrogen-bond acceptors (Lipinski definition) is 3. The molecule has 0 bridgehead atoms. The summed E-state index contributed by atoms with van der Waals surface area (Å²) in [6.07, 6.45) is 2.83. The molecule has 1 aromatic carbocycles. The third-order valence-corrected chi connectivity index (χ3v) is 3.91. The number of nitrogens with two attached hydrogens (primary N) is 1. The van der Waals surface area contributed by atoms with Gasteiger partial charge in [-0.1, -0.05) is 12.1 Å². The Balaban J connectivity index is 1.92. The van der Waals surface area contributed by atoms with Gasteiger partial charge in [0.15, 0.2) is 0 Å². The van der Waals surface area contributed by atoms with Gasteiger partial charge in [0.1, 0.15) is 17.4 Å². The molecule has 0 aromatic heterocycles. The lowest BCUT2D eigenvalue weighted by Crippen LogP contribution is -2.32. The smallest absolute Gasteiger partial charge is 0.122 e. The van der Waals surface area contributed by atoms with E-state index in [9.17, 15) is 0 Å². The van der Waals surface area contributed by atoms with Crippen molar-refractivity contribution in [2.45, 2.75) is 32.2 Å². The van der Waals surface area contributed by atoms with Crippen LogP contribution < -0.4 is 10.5 Å². The molecule has 5 nitrogen and oxygen atoms in total. The lowest BCUT2D eigenvalue weighted by atomic mass is 10.1. The van der Waals surface area contributed by atoms with E-state index in [1.54, 1.807) is 7.11 Å². The summed E-state index contributed by atoms with van der Waals surface area (Å²) in [6, 6.07) is 8.26. The quantitative estimate of drug-likeness (QED) is 0.684. The van der Waals surface area contributed by atoms with Crippen molar-refractivity contribution in [1.82, 2.24) is 4.90 Å². The van der Waals surface area contributed by atoms with Crippen molar-refractivity contribution in [2.75, 3.05) is 27.2 Å². The Morgan fingerprint density at radius 3 is 2.50 bits per heavy atom. The molecule has 0 radical (unpaired) electrons. The van der Waals surface area contributed by atoms with Gasteiger partial charge in [-0.25, -0.2) is 4.99 Å². The van der Waals surface area contributed by atoms with Crippen molar-refractivity contribution in [3.63, 3.8) is 0 Å². The van der Waals surface area contributed by atoms with Crippen molar-refractivity contribution in [2.24, 2.45) is 15.7 Å². The highest BCUT2D eigenvalue weighted by atomic mass is 16.5. The molecule has 1 heterocycles. The Bertz CT molecular complexity index is 528. The molecule has 22 heavy (non-hydrogen) atoms. The molecule has 0 spiro atoms. The molecule has 2 N–H and O–H groups in total. The summed E-state index contributed by atoms with van der Waals surface area (Å²) in [4.78, 5) is 11.4. The third kappa shape index (κ3) is 5.15. The van der Waals surface area contributed by atoms with Gasteiger partial charge >= 0.3 is 0 Å². The summed E-state index contributed by atoms with van der Waals surface area (Å²) in [5, 5.41) is 0. The van der Waals surface area contributed by atoms with Gasteiger partial charge in [0.25, 0.3) is 0 Å². The summed E-state index contributed by atoms with van der Waals surface area (Å²) >= 11 is 0. The molecular formula is C17H26N4O. The van der Waals surface area contributed by atoms with E-state index >= 15 is 0 Å². The van der Waals surface area contributed by atoms with Crippen molar-refractivity contribution < 1.29 is 4.74 Å². The Hall–Kier alpha value is -1.88. The number of ether oxygens (including phenoxy) is 1. The van der Waals surface area contributed by atoms with E-state index in [-0.39, 0.29) is 0 Å². The van der Waals surface area contributed by atoms with E-state index in [1.165, 1.54) is 0 Å². The van der Waals surface area contributed by atoms with E-state index in [0.717, 1.165) is 43.1 Å². The number of benzene rings is 1. The third-order valence-electron chi connectivity index (χ3n) is 3.91. The van der Waals surface area contributed by atoms with Crippen LogP contribution in [-0.4, -0.2) is 49.9 Å². The fraction of sp³-hybridized carbons (Fsp3) is 0.529. The van der Waals surface area contributed by atoms with E-state index < -0.39 is 0 Å². The Morgan fingerprint density at radius 2 is 1.91 bits per heavy atom. The molecule has 0 amide bonds. The van der Waals surface area contributed by atoms with Gasteiger partial charge in [-0.15, -0.1) is 0 Å². The van der Waals surface area contributed by atoms with Crippen molar-refractivity contribution >= 4 is 11.7 Å². The van der Waals surface area contributed by atoms with Gasteiger partial charge in [0.05, 0.1) is 13.2 Å². The van der Waals surface area contributed by atoms with Gasteiger partial charge in [-0.3, -0.25) is 4.99 Å². The molecule has 0 atom stereocenters. The van der Waals surface area contributed by atoms with Crippen LogP contribution in [0.15, 0.2) is 34.3 Å². The molecule has 1 aliphatic heterocycles. The van der Waals surface area contributed by atoms with Crippen LogP contribution in [0.3, 0.4) is 0 Å². The van der Waals surface area contributed by atoms with Gasteiger partial charge < -0.3 is 15.4 Å². The van der Waals surface area contributed by atoms with Crippen LogP contribution in [0.4, 0.5) is 0 Å². The highest BCUT2D eigenvalue weighted by Gasteiger charge is 2.15. The molecule has 1 saturated heterocycles. The molecule has 0 aliphatic carbocycles. The molecule has 120 valence electrons. The van der Waals surface area contributed by atoms with Crippen LogP contribution in [0.5, 0.6) is 5.75 Å². The normalized spacial score (nSPS) is 18.5. The maximum Gasteiger partial charge on any atom is 0.122 e. The maximum atomic E-state index is 6.03. The standard InChI is InChI=1S/C17H26N4O/c1-13(19-15-8-10-21(2)11-9-15)20-17(18)12-14-4-6-16(22-3)7-5-14/h4-7,15H,8-12H2,1-3H3,(H2,18,19,20). The first kappa shape index (κ1) is 16.5. The molecule has 1 fully saturated rings. The molecule has 0 saturated carbocycles. The Labute approximate surface area is 132 Å². The van der Waals surface area contributed by atoms with Gasteiger partial charge in [0.2, 0.25) is 0 Å². The topological polar surface area (TPSA) is 63.2 Å². The lowest BCUT2D eigenvalue weighted by Gasteiger charge is -2.26. The van der Waals surface area contributed by atoms with Gasteiger partial charge in [-0.05, 0) is 57.6 Å². The van der Waals surface area contributed by atoms with Crippen LogP contribution in [-0.2, 0) is 6.42 Å². The number of likely N-dealkylation sites (tertiary alicyclic amines) is 1. The summed E-state index contributed by atoms with van der Waals surface area (Å²) in [5.41, 5.74) is 7.15. The SMILES string of the molecule is COc1ccc(CC(N)=NC(C)=NC2CCN(C)CC2)cc1. The Morgan fingerprint density at radius 1 is 1.27 bits per heavy atom. The second kappa shape index (κ2) is 7.94. The number of rotatable bonds is 4. The van der Waals surface area contributed by atoms with E-state index in [2.05, 4.69) is 21.9 Å². The molecule has 1 aromatic rings. The number of nitrogens with zero attached hydrogens (tertiary/aromatic N) is 3. The average molecular weight is 302 g/mol. The zero-order chi connectivity index (χ0) is 15.9. The van der Waals surface area contributed by atoms with E-state index in [4.69, 9.17) is 10.5 Å². The summed E-state index contributed by atoms with van der Waals surface area (Å²) < 4.78 is 5.15. The average Bonchev–Trinajstić information content (AvgIpc) is 2.50. The fourth-order valence-corrected chi connectivity index (χ4v) is 2.62. The van der Waals surface area contributed by atoms with Crippen molar-refractivity contribution in [3.05, 3.63) is 29.8 Å². The highest BCUT2D eigenvalue weighted by molar-refractivity contribution is 5.96. The summed E-state index contributed by atoms with van der Waals surface area (Å²) in [7, 11) is 3.81. The van der Waals surface area contributed by atoms with Crippen LogP contribution in [0, 0.1) is 0 Å². The summed E-state index contributed by atoms with van der Waals surface area (Å²) in [5.74, 6) is 2.22. The van der Waals surface area contributed by atoms with Gasteiger partial charge in [0, 0.05) is 6.42 Å². The first-order valence-corrected chi connectivity index (χ1v) is 7.75. The Kier molecular flexibility index (Phi) is 5.95. The molecule has 1 aliphatic rings. The monoisotopic (exact) mass is 302 g/mol. The summed E-state index contributed by atoms with van der Waals surface area (Å²) in [6.45, 7) is 4.14. The zero-order valence-electron chi connectivity index (χ0n) is 13.7. The first-order valence-electron chi connectivity index (χ1n) is 7.75. The minimum atomic E-state index is 0.383. The molecule has 0 unspecified atom stereocenters.